The highest BCUT2D eigenvalue weighted by Crippen LogP contribution is 2.36. The fourth-order valence-corrected chi connectivity index (χ4v) is 3.78. The van der Waals surface area contributed by atoms with E-state index >= 15 is 0 Å². The predicted octanol–water partition coefficient (Wildman–Crippen LogP) is 4.61. The van der Waals surface area contributed by atoms with Crippen LogP contribution in [-0.2, 0) is 4.79 Å². The maximum atomic E-state index is 12.8. The molecule has 6 heteroatoms. The van der Waals surface area contributed by atoms with E-state index in [-0.39, 0.29) is 12.5 Å². The molecular formula is C20H16N2O2S2. The van der Waals surface area contributed by atoms with Gasteiger partial charge in [-0.15, -0.1) is 0 Å². The topological polar surface area (TPSA) is 53.3 Å². The van der Waals surface area contributed by atoms with Crippen LogP contribution in [0.1, 0.15) is 16.7 Å². The molecule has 0 N–H and O–H groups in total. The number of ether oxygens (including phenoxy) is 1. The molecule has 0 bridgehead atoms. The van der Waals surface area contributed by atoms with Crippen molar-refractivity contribution in [1.82, 2.24) is 0 Å². The molecule has 4 nitrogen and oxygen atoms in total. The first-order chi connectivity index (χ1) is 12.5. The van der Waals surface area contributed by atoms with Gasteiger partial charge in [-0.1, -0.05) is 42.2 Å². The molecule has 1 aliphatic rings. The largest absolute Gasteiger partial charge is 0.479 e. The van der Waals surface area contributed by atoms with Crippen molar-refractivity contribution in [3.8, 4) is 11.8 Å². The summed E-state index contributed by atoms with van der Waals surface area (Å²) in [4.78, 5) is 15.0. The molecule has 1 aliphatic heterocycles. The summed E-state index contributed by atoms with van der Waals surface area (Å²) in [6, 6.07) is 15.0. The summed E-state index contributed by atoms with van der Waals surface area (Å²) in [6.45, 7) is 4.06. The number of hydrogen-bond donors (Lipinski definition) is 0. The molecule has 0 atom stereocenters. The van der Waals surface area contributed by atoms with E-state index in [9.17, 15) is 4.79 Å². The number of nitrogens with zero attached hydrogens (tertiary/aromatic N) is 2. The summed E-state index contributed by atoms with van der Waals surface area (Å²) in [5.41, 5.74) is 3.95. The monoisotopic (exact) mass is 380 g/mol. The summed E-state index contributed by atoms with van der Waals surface area (Å²) >= 11 is 6.71. The number of benzene rings is 2. The zero-order chi connectivity index (χ0) is 18.7. The number of thiocarbonyl (C=S) groups is 1. The molecule has 2 aromatic rings. The van der Waals surface area contributed by atoms with Crippen molar-refractivity contribution in [3.63, 3.8) is 0 Å². The van der Waals surface area contributed by atoms with Crippen LogP contribution in [0.3, 0.4) is 0 Å². The van der Waals surface area contributed by atoms with E-state index < -0.39 is 0 Å². The Balaban J connectivity index is 1.83. The Morgan fingerprint density at radius 1 is 1.19 bits per heavy atom. The molecule has 1 heterocycles. The van der Waals surface area contributed by atoms with Crippen LogP contribution in [0.25, 0.3) is 6.08 Å². The van der Waals surface area contributed by atoms with Gasteiger partial charge in [0.1, 0.15) is 11.8 Å². The normalized spacial score (nSPS) is 15.4. The van der Waals surface area contributed by atoms with Gasteiger partial charge in [0.2, 0.25) is 0 Å². The first-order valence-electron chi connectivity index (χ1n) is 7.94. The highest BCUT2D eigenvalue weighted by Gasteiger charge is 2.33. The summed E-state index contributed by atoms with van der Waals surface area (Å²) in [6.07, 6.45) is 1.81. The Labute approximate surface area is 162 Å². The molecule has 3 rings (SSSR count). The van der Waals surface area contributed by atoms with Gasteiger partial charge in [0.05, 0.1) is 10.6 Å². The van der Waals surface area contributed by atoms with Crippen molar-refractivity contribution in [2.75, 3.05) is 11.5 Å². The minimum atomic E-state index is -0.118. The molecule has 0 unspecified atom stereocenters. The van der Waals surface area contributed by atoms with Gasteiger partial charge in [-0.25, -0.2) is 0 Å². The van der Waals surface area contributed by atoms with Crippen molar-refractivity contribution in [3.05, 3.63) is 64.1 Å². The Kier molecular flexibility index (Phi) is 5.40. The molecule has 130 valence electrons. The van der Waals surface area contributed by atoms with Crippen molar-refractivity contribution < 1.29 is 9.53 Å². The fourth-order valence-electron chi connectivity index (χ4n) is 2.48. The van der Waals surface area contributed by atoms with Gasteiger partial charge in [0.25, 0.3) is 5.91 Å². The van der Waals surface area contributed by atoms with Gasteiger partial charge in [-0.2, -0.15) is 5.26 Å². The first kappa shape index (κ1) is 18.2. The zero-order valence-corrected chi connectivity index (χ0v) is 16.0. The van der Waals surface area contributed by atoms with E-state index in [1.54, 1.807) is 17.0 Å². The third-order valence-corrected chi connectivity index (χ3v) is 5.33. The lowest BCUT2D eigenvalue weighted by atomic mass is 10.1. The lowest BCUT2D eigenvalue weighted by molar-refractivity contribution is -0.113. The zero-order valence-electron chi connectivity index (χ0n) is 14.4. The van der Waals surface area contributed by atoms with Gasteiger partial charge in [-0.3, -0.25) is 9.69 Å². The highest BCUT2D eigenvalue weighted by molar-refractivity contribution is 8.27. The third kappa shape index (κ3) is 3.79. The number of hydrogen-bond acceptors (Lipinski definition) is 5. The van der Waals surface area contributed by atoms with Crippen LogP contribution >= 0.6 is 24.0 Å². The second kappa shape index (κ2) is 7.73. The maximum Gasteiger partial charge on any atom is 0.270 e. The number of thioether (sulfide) groups is 1. The number of aryl methyl sites for hydroxylation is 2. The van der Waals surface area contributed by atoms with Gasteiger partial charge in [0.15, 0.2) is 10.9 Å². The van der Waals surface area contributed by atoms with Gasteiger partial charge >= 0.3 is 0 Å². The van der Waals surface area contributed by atoms with Crippen LogP contribution in [0.2, 0.25) is 0 Å². The van der Waals surface area contributed by atoms with E-state index in [4.69, 9.17) is 22.2 Å². The number of amides is 1. The van der Waals surface area contributed by atoms with Crippen LogP contribution in [0.5, 0.6) is 5.75 Å². The fraction of sp³-hybridized carbons (Fsp3) is 0.150. The molecule has 1 saturated heterocycles. The van der Waals surface area contributed by atoms with Crippen LogP contribution < -0.4 is 9.64 Å². The van der Waals surface area contributed by atoms with E-state index in [1.807, 2.05) is 56.3 Å². The Hall–Kier alpha value is -2.62. The highest BCUT2D eigenvalue weighted by atomic mass is 32.2. The van der Waals surface area contributed by atoms with E-state index in [2.05, 4.69) is 0 Å². The lowest BCUT2D eigenvalue weighted by Gasteiger charge is -2.15. The van der Waals surface area contributed by atoms with Crippen molar-refractivity contribution in [2.45, 2.75) is 13.8 Å². The third-order valence-electron chi connectivity index (χ3n) is 4.02. The number of rotatable bonds is 4. The molecule has 2 aromatic carbocycles. The molecular weight excluding hydrogens is 364 g/mol. The number of nitriles is 1. The molecule has 1 fully saturated rings. The molecule has 0 spiro atoms. The molecule has 0 aliphatic carbocycles. The number of carbonyl (C=O) groups excluding carboxylic acids is 1. The average Bonchev–Trinajstić information content (AvgIpc) is 2.90. The van der Waals surface area contributed by atoms with Crippen LogP contribution in [-0.4, -0.2) is 16.8 Å². The summed E-state index contributed by atoms with van der Waals surface area (Å²) in [5, 5.41) is 8.54. The molecule has 0 saturated carbocycles. The van der Waals surface area contributed by atoms with Crippen molar-refractivity contribution >= 4 is 46.0 Å². The van der Waals surface area contributed by atoms with Crippen LogP contribution in [0.15, 0.2) is 47.4 Å². The van der Waals surface area contributed by atoms with Crippen molar-refractivity contribution in [1.29, 1.82) is 5.26 Å². The lowest BCUT2D eigenvalue weighted by Crippen LogP contribution is -2.27. The number of anilines is 1. The summed E-state index contributed by atoms with van der Waals surface area (Å²) in [7, 11) is 0. The van der Waals surface area contributed by atoms with Crippen LogP contribution in [0.4, 0.5) is 5.69 Å². The van der Waals surface area contributed by atoms with Crippen LogP contribution in [0, 0.1) is 25.2 Å². The van der Waals surface area contributed by atoms with Gasteiger partial charge < -0.3 is 4.74 Å². The quantitative estimate of drug-likeness (QED) is 0.573. The minimum absolute atomic E-state index is 0.00791. The Morgan fingerprint density at radius 3 is 2.58 bits per heavy atom. The first-order valence-corrected chi connectivity index (χ1v) is 9.17. The number of carbonyl (C=O) groups is 1. The predicted molar refractivity (Wildman–Crippen MR) is 109 cm³/mol. The SMILES string of the molecule is Cc1ccc(N2C(=O)/C(=C/c3ccc(OCC#N)cc3)SC2=S)cc1C. The minimum Gasteiger partial charge on any atom is -0.479 e. The van der Waals surface area contributed by atoms with E-state index in [0.717, 1.165) is 16.8 Å². The second-order valence-corrected chi connectivity index (χ2v) is 7.48. The second-order valence-electron chi connectivity index (χ2n) is 5.80. The van der Waals surface area contributed by atoms with Gasteiger partial charge in [0, 0.05) is 0 Å². The van der Waals surface area contributed by atoms with Gasteiger partial charge in [-0.05, 0) is 60.9 Å². The molecule has 0 aromatic heterocycles. The standard InChI is InChI=1S/C20H16N2O2S2/c1-13-3-6-16(11-14(13)2)22-19(23)18(26-20(22)25)12-15-4-7-17(8-5-15)24-10-9-21/h3-8,11-12H,10H2,1-2H3/b18-12-. The molecule has 26 heavy (non-hydrogen) atoms. The smallest absolute Gasteiger partial charge is 0.270 e. The molecule has 0 radical (unpaired) electrons. The van der Waals surface area contributed by atoms with Crippen molar-refractivity contribution in [2.24, 2.45) is 0 Å². The summed E-state index contributed by atoms with van der Waals surface area (Å²) < 4.78 is 5.76. The van der Waals surface area contributed by atoms with E-state index in [1.165, 1.54) is 17.3 Å². The summed E-state index contributed by atoms with van der Waals surface area (Å²) in [5.74, 6) is 0.499. The average molecular weight is 380 g/mol. The Bertz CT molecular complexity index is 943. The Morgan fingerprint density at radius 2 is 1.92 bits per heavy atom. The maximum absolute atomic E-state index is 12.8. The van der Waals surface area contributed by atoms with E-state index in [0.29, 0.717) is 15.0 Å². The molecule has 1 amide bonds.